The lowest BCUT2D eigenvalue weighted by atomic mass is 10.0. The highest BCUT2D eigenvalue weighted by Gasteiger charge is 2.68. The van der Waals surface area contributed by atoms with Crippen LogP contribution in [0, 0.1) is 16.7 Å². The highest BCUT2D eigenvalue weighted by Crippen LogP contribution is 2.68. The Labute approximate surface area is 99.4 Å². The van der Waals surface area contributed by atoms with Gasteiger partial charge >= 0.3 is 0 Å². The van der Waals surface area contributed by atoms with Gasteiger partial charge in [-0.05, 0) is 23.8 Å². The Kier molecular flexibility index (Phi) is 4.00. The number of rotatable bonds is 6. The predicted molar refractivity (Wildman–Crippen MR) is 67.2 cm³/mol. The molecule has 3 nitrogen and oxygen atoms in total. The van der Waals surface area contributed by atoms with Crippen LogP contribution in [0.2, 0.25) is 0 Å². The summed E-state index contributed by atoms with van der Waals surface area (Å²) < 4.78 is 0. The molecule has 16 heavy (non-hydrogen) atoms. The zero-order chi connectivity index (χ0) is 12.4. The van der Waals surface area contributed by atoms with Crippen molar-refractivity contribution in [2.45, 2.75) is 41.0 Å². The van der Waals surface area contributed by atoms with E-state index < -0.39 is 0 Å². The van der Waals surface area contributed by atoms with Crippen molar-refractivity contribution in [3.63, 3.8) is 0 Å². The van der Waals surface area contributed by atoms with E-state index in [1.54, 1.807) is 0 Å². The zero-order valence-corrected chi connectivity index (χ0v) is 11.3. The molecule has 2 N–H and O–H groups in total. The molecule has 1 fully saturated rings. The minimum atomic E-state index is 0.147. The van der Waals surface area contributed by atoms with Gasteiger partial charge in [-0.3, -0.25) is 4.79 Å². The molecule has 1 aliphatic rings. The average molecular weight is 226 g/mol. The van der Waals surface area contributed by atoms with Crippen molar-refractivity contribution in [1.82, 2.24) is 10.6 Å². The summed E-state index contributed by atoms with van der Waals surface area (Å²) in [5.74, 6) is 0.388. The van der Waals surface area contributed by atoms with Crippen LogP contribution in [0.25, 0.3) is 0 Å². The second-order valence-corrected chi connectivity index (χ2v) is 5.92. The van der Waals surface area contributed by atoms with E-state index in [1.807, 2.05) is 0 Å². The minimum absolute atomic E-state index is 0.147. The Morgan fingerprint density at radius 2 is 1.62 bits per heavy atom. The van der Waals surface area contributed by atoms with Crippen LogP contribution >= 0.6 is 0 Å². The normalized spacial score (nSPS) is 21.8. The molecule has 1 saturated carbocycles. The maximum atomic E-state index is 11.9. The zero-order valence-electron chi connectivity index (χ0n) is 11.3. The van der Waals surface area contributed by atoms with Gasteiger partial charge in [0, 0.05) is 19.0 Å². The Morgan fingerprint density at radius 1 is 1.06 bits per heavy atom. The molecule has 0 radical (unpaired) electrons. The summed E-state index contributed by atoms with van der Waals surface area (Å²) in [5, 5.41) is 6.29. The lowest BCUT2D eigenvalue weighted by molar-refractivity contribution is -0.123. The molecule has 1 amide bonds. The third-order valence-corrected chi connectivity index (χ3v) is 4.31. The summed E-state index contributed by atoms with van der Waals surface area (Å²) in [6.07, 6.45) is 1.14. The van der Waals surface area contributed by atoms with Gasteiger partial charge < -0.3 is 10.6 Å². The summed E-state index contributed by atoms with van der Waals surface area (Å²) >= 11 is 0. The Morgan fingerprint density at radius 3 is 2.06 bits per heavy atom. The Hall–Kier alpha value is -0.570. The molecule has 0 bridgehead atoms. The van der Waals surface area contributed by atoms with E-state index in [0.717, 1.165) is 26.1 Å². The van der Waals surface area contributed by atoms with Crippen molar-refractivity contribution in [3.05, 3.63) is 0 Å². The van der Waals surface area contributed by atoms with Crippen molar-refractivity contribution in [2.24, 2.45) is 16.7 Å². The first-order chi connectivity index (χ1) is 7.35. The summed E-state index contributed by atoms with van der Waals surface area (Å²) in [4.78, 5) is 11.9. The molecule has 94 valence electrons. The monoisotopic (exact) mass is 226 g/mol. The lowest BCUT2D eigenvalue weighted by Gasteiger charge is -2.07. The number of hydrogen-bond donors (Lipinski definition) is 2. The van der Waals surface area contributed by atoms with E-state index in [-0.39, 0.29) is 22.7 Å². The van der Waals surface area contributed by atoms with E-state index >= 15 is 0 Å². The smallest absolute Gasteiger partial charge is 0.224 e. The number of hydrogen-bond acceptors (Lipinski definition) is 2. The van der Waals surface area contributed by atoms with Gasteiger partial charge in [-0.2, -0.15) is 0 Å². The first-order valence-corrected chi connectivity index (χ1v) is 6.34. The molecule has 0 heterocycles. The molecular formula is C13H26N2O. The molecule has 0 aromatic carbocycles. The van der Waals surface area contributed by atoms with Crippen molar-refractivity contribution < 1.29 is 4.79 Å². The third-order valence-electron chi connectivity index (χ3n) is 4.31. The molecule has 0 unspecified atom stereocenters. The first kappa shape index (κ1) is 13.5. The summed E-state index contributed by atoms with van der Waals surface area (Å²) in [6, 6.07) is 0. The van der Waals surface area contributed by atoms with Crippen LogP contribution < -0.4 is 10.6 Å². The van der Waals surface area contributed by atoms with Crippen molar-refractivity contribution in [1.29, 1.82) is 0 Å². The van der Waals surface area contributed by atoms with Crippen LogP contribution in [-0.2, 0) is 4.79 Å². The number of amides is 1. The van der Waals surface area contributed by atoms with Gasteiger partial charge in [0.2, 0.25) is 5.91 Å². The molecular weight excluding hydrogens is 200 g/mol. The minimum Gasteiger partial charge on any atom is -0.355 e. The van der Waals surface area contributed by atoms with E-state index in [2.05, 4.69) is 45.3 Å². The van der Waals surface area contributed by atoms with Gasteiger partial charge in [-0.1, -0.05) is 34.6 Å². The van der Waals surface area contributed by atoms with E-state index in [1.165, 1.54) is 0 Å². The van der Waals surface area contributed by atoms with Crippen LogP contribution in [0.1, 0.15) is 41.0 Å². The van der Waals surface area contributed by atoms with Crippen LogP contribution in [0.15, 0.2) is 0 Å². The fourth-order valence-electron chi connectivity index (χ4n) is 2.53. The van der Waals surface area contributed by atoms with E-state index in [0.29, 0.717) is 0 Å². The number of carbonyl (C=O) groups excluding carboxylic acids is 1. The second kappa shape index (κ2) is 4.74. The Bertz CT molecular complexity index is 245. The van der Waals surface area contributed by atoms with Crippen molar-refractivity contribution in [2.75, 3.05) is 19.6 Å². The fraction of sp³-hybridized carbons (Fsp3) is 0.923. The average Bonchev–Trinajstić information content (AvgIpc) is 2.57. The molecule has 0 aliphatic heterocycles. The maximum absolute atomic E-state index is 11.9. The van der Waals surface area contributed by atoms with Crippen molar-refractivity contribution in [3.8, 4) is 0 Å². The topological polar surface area (TPSA) is 41.1 Å². The van der Waals surface area contributed by atoms with E-state index in [9.17, 15) is 4.79 Å². The van der Waals surface area contributed by atoms with Gasteiger partial charge in [-0.15, -0.1) is 0 Å². The first-order valence-electron chi connectivity index (χ1n) is 6.34. The molecule has 1 rings (SSSR count). The quantitative estimate of drug-likeness (QED) is 0.678. The van der Waals surface area contributed by atoms with Gasteiger partial charge in [0.15, 0.2) is 0 Å². The highest BCUT2D eigenvalue weighted by atomic mass is 16.2. The summed E-state index contributed by atoms with van der Waals surface area (Å²) in [7, 11) is 0. The second-order valence-electron chi connectivity index (χ2n) is 5.92. The molecule has 3 heteroatoms. The summed E-state index contributed by atoms with van der Waals surface area (Å²) in [5.41, 5.74) is 0.294. The number of nitrogens with one attached hydrogen (secondary N) is 2. The maximum Gasteiger partial charge on any atom is 0.224 e. The molecule has 0 spiro atoms. The molecule has 0 aromatic rings. The van der Waals surface area contributed by atoms with E-state index in [4.69, 9.17) is 0 Å². The molecule has 0 atom stereocenters. The lowest BCUT2D eigenvalue weighted by Crippen LogP contribution is -2.34. The molecule has 0 saturated heterocycles. The number of carbonyl (C=O) groups is 1. The molecule has 1 aliphatic carbocycles. The van der Waals surface area contributed by atoms with Crippen LogP contribution in [0.4, 0.5) is 0 Å². The Balaban J connectivity index is 2.23. The standard InChI is InChI=1S/C13H26N2O/c1-6-7-14-8-9-15-11(16)10-12(2,3)13(10,4)5/h10,14H,6-9H2,1-5H3,(H,15,16). The highest BCUT2D eigenvalue weighted by molar-refractivity contribution is 5.84. The summed E-state index contributed by atoms with van der Waals surface area (Å²) in [6.45, 7) is 13.5. The fourth-order valence-corrected chi connectivity index (χ4v) is 2.53. The van der Waals surface area contributed by atoms with Crippen LogP contribution in [0.3, 0.4) is 0 Å². The molecule has 0 aromatic heterocycles. The van der Waals surface area contributed by atoms with Gasteiger partial charge in [0.1, 0.15) is 0 Å². The predicted octanol–water partition coefficient (Wildman–Crippen LogP) is 1.78. The SMILES string of the molecule is CCCNCCNC(=O)C1C(C)(C)C1(C)C. The van der Waals surface area contributed by atoms with Gasteiger partial charge in [-0.25, -0.2) is 0 Å². The van der Waals surface area contributed by atoms with Crippen LogP contribution in [0.5, 0.6) is 0 Å². The van der Waals surface area contributed by atoms with Gasteiger partial charge in [0.05, 0.1) is 0 Å². The van der Waals surface area contributed by atoms with Crippen molar-refractivity contribution >= 4 is 5.91 Å². The van der Waals surface area contributed by atoms with Gasteiger partial charge in [0.25, 0.3) is 0 Å². The third kappa shape index (κ3) is 2.40. The van der Waals surface area contributed by atoms with Crippen LogP contribution in [-0.4, -0.2) is 25.5 Å². The largest absolute Gasteiger partial charge is 0.355 e.